The number of nitrogens with zero attached hydrogens (tertiary/aromatic N) is 2. The Balaban J connectivity index is 0.958. The van der Waals surface area contributed by atoms with E-state index in [2.05, 4.69) is 10.6 Å². The smallest absolute Gasteiger partial charge is 0.407 e. The van der Waals surface area contributed by atoms with Crippen molar-refractivity contribution in [1.82, 2.24) is 10.6 Å². The van der Waals surface area contributed by atoms with Crippen molar-refractivity contribution >= 4 is 35.6 Å². The summed E-state index contributed by atoms with van der Waals surface area (Å²) in [5.41, 5.74) is 4.90. The molecule has 0 radical (unpaired) electrons. The molecule has 13 nitrogen and oxygen atoms in total. The Hall–Kier alpha value is -6.37. The largest absolute Gasteiger partial charge is 0.480 e. The highest BCUT2D eigenvalue weighted by molar-refractivity contribution is 5.82. The summed E-state index contributed by atoms with van der Waals surface area (Å²) in [6, 6.07) is 26.5. The predicted molar refractivity (Wildman–Crippen MR) is 191 cm³/mol. The highest BCUT2D eigenvalue weighted by atomic mass is 16.6. The molecule has 4 aromatic carbocycles. The van der Waals surface area contributed by atoms with Crippen molar-refractivity contribution in [2.75, 3.05) is 31.2 Å². The van der Waals surface area contributed by atoms with Crippen LogP contribution in [-0.4, -0.2) is 66.3 Å². The molecule has 13 heteroatoms. The van der Waals surface area contributed by atoms with Crippen LogP contribution in [0.2, 0.25) is 0 Å². The third-order valence-electron chi connectivity index (χ3n) is 10.1. The normalized spacial score (nSPS) is 17.9. The molecular formula is C39H36N4O9. The number of hydrogen-bond acceptors (Lipinski definition) is 9. The summed E-state index contributed by atoms with van der Waals surface area (Å²) >= 11 is 0. The highest BCUT2D eigenvalue weighted by Gasteiger charge is 2.58. The lowest BCUT2D eigenvalue weighted by atomic mass is 9.76. The number of nitro groups is 1. The van der Waals surface area contributed by atoms with Crippen LogP contribution in [0.4, 0.5) is 21.0 Å². The minimum Gasteiger partial charge on any atom is -0.480 e. The zero-order valence-electron chi connectivity index (χ0n) is 28.4. The van der Waals surface area contributed by atoms with E-state index in [-0.39, 0.29) is 31.4 Å². The fraction of sp³-hybridized carbons (Fsp3) is 0.256. The third-order valence-corrected chi connectivity index (χ3v) is 10.1. The Bertz CT molecular complexity index is 2070. The van der Waals surface area contributed by atoms with E-state index < -0.39 is 46.8 Å². The van der Waals surface area contributed by atoms with Gasteiger partial charge < -0.3 is 34.9 Å². The minimum atomic E-state index is -1.48. The van der Waals surface area contributed by atoms with Gasteiger partial charge in [-0.15, -0.1) is 0 Å². The second-order valence-electron chi connectivity index (χ2n) is 13.3. The van der Waals surface area contributed by atoms with E-state index in [0.717, 1.165) is 33.5 Å². The Morgan fingerprint density at radius 2 is 1.62 bits per heavy atom. The lowest BCUT2D eigenvalue weighted by molar-refractivity contribution is -0.384. The molecule has 1 unspecified atom stereocenters. The zero-order chi connectivity index (χ0) is 36.6. The molecule has 1 aliphatic carbocycles. The van der Waals surface area contributed by atoms with Gasteiger partial charge >= 0.3 is 18.2 Å². The number of nitrogens with one attached hydrogen (secondary N) is 2. The number of amides is 2. The van der Waals surface area contributed by atoms with Gasteiger partial charge in [0, 0.05) is 29.3 Å². The number of carboxylic acid groups (broad SMARTS) is 1. The van der Waals surface area contributed by atoms with E-state index in [4.69, 9.17) is 14.2 Å². The number of alkyl carbamates (subject to hydrolysis) is 2. The van der Waals surface area contributed by atoms with Crippen LogP contribution in [0.1, 0.15) is 42.0 Å². The van der Waals surface area contributed by atoms with Gasteiger partial charge in [0.1, 0.15) is 25.0 Å². The van der Waals surface area contributed by atoms with Gasteiger partial charge in [0.25, 0.3) is 5.69 Å². The first-order valence-electron chi connectivity index (χ1n) is 16.8. The number of carbonyl (C=O) groups excluding carboxylic acids is 2. The molecule has 2 atom stereocenters. The second-order valence-corrected chi connectivity index (χ2v) is 13.3. The average molecular weight is 705 g/mol. The van der Waals surface area contributed by atoms with Crippen LogP contribution in [0.5, 0.6) is 5.75 Å². The summed E-state index contributed by atoms with van der Waals surface area (Å²) in [5, 5.41) is 25.9. The first-order chi connectivity index (χ1) is 25.0. The van der Waals surface area contributed by atoms with Crippen molar-refractivity contribution in [3.05, 3.63) is 129 Å². The number of hydrogen-bond donors (Lipinski definition) is 3. The molecule has 4 aromatic rings. The summed E-state index contributed by atoms with van der Waals surface area (Å²) in [7, 11) is 0. The topological polar surface area (TPSA) is 170 Å². The molecule has 0 aromatic heterocycles. The van der Waals surface area contributed by atoms with E-state index in [1.807, 2.05) is 97.6 Å². The van der Waals surface area contributed by atoms with Crippen LogP contribution in [0.15, 0.2) is 97.1 Å². The molecule has 0 saturated carbocycles. The van der Waals surface area contributed by atoms with Gasteiger partial charge in [0.15, 0.2) is 0 Å². The van der Waals surface area contributed by atoms with Gasteiger partial charge in [-0.05, 0) is 65.9 Å². The first-order valence-corrected chi connectivity index (χ1v) is 16.8. The molecule has 0 saturated heterocycles. The van der Waals surface area contributed by atoms with Gasteiger partial charge in [0.05, 0.1) is 23.4 Å². The van der Waals surface area contributed by atoms with Gasteiger partial charge in [0.2, 0.25) is 5.72 Å². The highest BCUT2D eigenvalue weighted by Crippen LogP contribution is 2.55. The number of carbonyl (C=O) groups is 3. The maximum Gasteiger partial charge on any atom is 0.407 e. The number of carboxylic acids is 1. The molecular weight excluding hydrogens is 668 g/mol. The fourth-order valence-electron chi connectivity index (χ4n) is 7.44. The number of anilines is 1. The number of nitro benzene ring substituents is 1. The molecule has 3 aliphatic rings. The summed E-state index contributed by atoms with van der Waals surface area (Å²) in [6.07, 6.45) is 1.86. The minimum absolute atomic E-state index is 0.00397. The summed E-state index contributed by atoms with van der Waals surface area (Å²) in [4.78, 5) is 50.4. The van der Waals surface area contributed by atoms with Crippen LogP contribution >= 0.6 is 0 Å². The molecule has 0 fully saturated rings. The summed E-state index contributed by atoms with van der Waals surface area (Å²) in [5.74, 6) is -1.09. The van der Waals surface area contributed by atoms with Crippen LogP contribution in [0, 0.1) is 10.1 Å². The Labute approximate surface area is 299 Å². The quantitative estimate of drug-likeness (QED) is 0.127. The molecule has 3 N–H and O–H groups in total. The number of fused-ring (bicyclic) bond motifs is 5. The molecule has 1 spiro atoms. The first kappa shape index (κ1) is 34.1. The lowest BCUT2D eigenvalue weighted by Gasteiger charge is -2.47. The van der Waals surface area contributed by atoms with Crippen LogP contribution in [0.3, 0.4) is 0 Å². The molecule has 52 heavy (non-hydrogen) atoms. The second kappa shape index (κ2) is 13.4. The standard InChI is InChI=1S/C39H36N4O9/c1-38(2)31-13-7-8-14-33(31)42(39(38)18-17-24-21-25(43(48)49)15-16-34(24)52-39)19-20-50-36(46)40-22-32(35(44)45)41-37(47)51-23-30-28-11-5-3-9-26(28)27-10-4-6-12-29(27)30/h3-18,21,30,32H,19-20,22-23H2,1-2H3,(H,40,46)(H,41,47)(H,44,45)/t32-,39?/m0/s1. The number of ether oxygens (including phenoxy) is 3. The zero-order valence-corrected chi connectivity index (χ0v) is 28.4. The number of aliphatic carboxylic acids is 1. The average Bonchev–Trinajstić information content (AvgIpc) is 3.55. The predicted octanol–water partition coefficient (Wildman–Crippen LogP) is 6.21. The summed E-state index contributed by atoms with van der Waals surface area (Å²) < 4.78 is 17.6. The molecule has 2 aliphatic heterocycles. The van der Waals surface area contributed by atoms with E-state index >= 15 is 0 Å². The van der Waals surface area contributed by atoms with E-state index in [9.17, 15) is 29.6 Å². The Morgan fingerprint density at radius 1 is 0.942 bits per heavy atom. The summed E-state index contributed by atoms with van der Waals surface area (Å²) in [6.45, 7) is 3.73. The van der Waals surface area contributed by atoms with Gasteiger partial charge in [-0.1, -0.05) is 66.7 Å². The number of non-ortho nitro benzene ring substituents is 1. The van der Waals surface area contributed by atoms with Crippen molar-refractivity contribution < 1.29 is 38.6 Å². The Morgan fingerprint density at radius 3 is 2.31 bits per heavy atom. The van der Waals surface area contributed by atoms with Crippen molar-refractivity contribution in [3.8, 4) is 16.9 Å². The molecule has 266 valence electrons. The Kier molecular flexibility index (Phi) is 8.78. The van der Waals surface area contributed by atoms with Crippen molar-refractivity contribution in [1.29, 1.82) is 0 Å². The van der Waals surface area contributed by atoms with Gasteiger partial charge in [-0.2, -0.15) is 0 Å². The number of para-hydroxylation sites is 1. The van der Waals surface area contributed by atoms with Crippen LogP contribution < -0.4 is 20.3 Å². The lowest BCUT2D eigenvalue weighted by Crippen LogP contribution is -2.60. The SMILES string of the molecule is CC1(C)c2ccccc2N(CCOC(=O)NC[C@H](NC(=O)OCC2c3ccccc3-c3ccccc32)C(=O)O)C12C=Cc1cc([N+](=O)[O-])ccc1O2. The van der Waals surface area contributed by atoms with Crippen LogP contribution in [-0.2, 0) is 19.7 Å². The van der Waals surface area contributed by atoms with Gasteiger partial charge in [-0.3, -0.25) is 10.1 Å². The molecule has 2 heterocycles. The third kappa shape index (κ3) is 5.93. The van der Waals surface area contributed by atoms with E-state index in [1.165, 1.54) is 12.1 Å². The monoisotopic (exact) mass is 704 g/mol. The van der Waals surface area contributed by atoms with Crippen molar-refractivity contribution in [2.24, 2.45) is 0 Å². The molecule has 2 amide bonds. The molecule has 7 rings (SSSR count). The number of rotatable bonds is 10. The van der Waals surface area contributed by atoms with Gasteiger partial charge in [-0.25, -0.2) is 14.4 Å². The van der Waals surface area contributed by atoms with Crippen molar-refractivity contribution in [2.45, 2.75) is 36.9 Å². The van der Waals surface area contributed by atoms with E-state index in [1.54, 1.807) is 12.1 Å². The van der Waals surface area contributed by atoms with Crippen molar-refractivity contribution in [3.63, 3.8) is 0 Å². The number of benzene rings is 4. The maximum atomic E-state index is 12.8. The molecule has 0 bridgehead atoms. The fourth-order valence-corrected chi connectivity index (χ4v) is 7.44. The van der Waals surface area contributed by atoms with Crippen LogP contribution in [0.25, 0.3) is 17.2 Å². The maximum absolute atomic E-state index is 12.8. The van der Waals surface area contributed by atoms with E-state index in [0.29, 0.717) is 11.3 Å².